The summed E-state index contributed by atoms with van der Waals surface area (Å²) < 4.78 is 7.83. The molecule has 0 bridgehead atoms. The van der Waals surface area contributed by atoms with Crippen molar-refractivity contribution in [1.29, 1.82) is 0 Å². The van der Waals surface area contributed by atoms with Crippen LogP contribution < -0.4 is 0 Å². The van der Waals surface area contributed by atoms with E-state index in [9.17, 15) is 0 Å². The van der Waals surface area contributed by atoms with Gasteiger partial charge < -0.3 is 4.74 Å². The molecule has 0 saturated carbocycles. The molecule has 1 aromatic heterocycles. The smallest absolute Gasteiger partial charge is 0.157 e. The van der Waals surface area contributed by atoms with Crippen LogP contribution in [0, 0.1) is 13.8 Å². The summed E-state index contributed by atoms with van der Waals surface area (Å²) in [5, 5.41) is 8.67. The van der Waals surface area contributed by atoms with Crippen molar-refractivity contribution < 1.29 is 4.74 Å². The van der Waals surface area contributed by atoms with Crippen molar-refractivity contribution in [3.05, 3.63) is 82.7 Å². The number of nitrogens with zero attached hydrogens (tertiary/aromatic N) is 4. The summed E-state index contributed by atoms with van der Waals surface area (Å²) in [6, 6.07) is 17.1. The highest BCUT2D eigenvalue weighted by atomic mass is 16.5. The van der Waals surface area contributed by atoms with Crippen LogP contribution in [0.3, 0.4) is 0 Å². The molecule has 5 heteroatoms. The van der Waals surface area contributed by atoms with Crippen LogP contribution in [0.2, 0.25) is 0 Å². The average molecular weight is 348 g/mol. The van der Waals surface area contributed by atoms with Gasteiger partial charge in [-0.25, -0.2) is 4.68 Å². The summed E-state index contributed by atoms with van der Waals surface area (Å²) >= 11 is 0. The fraction of sp³-hybridized carbons (Fsp3) is 0.333. The van der Waals surface area contributed by atoms with Crippen LogP contribution in [0.5, 0.6) is 0 Å². The molecular formula is C21H24N4O. The third-order valence-corrected chi connectivity index (χ3v) is 4.73. The van der Waals surface area contributed by atoms with Gasteiger partial charge in [0.25, 0.3) is 0 Å². The number of hydrogen-bond donors (Lipinski definition) is 0. The molecule has 0 amide bonds. The van der Waals surface area contributed by atoms with Crippen LogP contribution in [0.25, 0.3) is 0 Å². The minimum atomic E-state index is -0.123. The highest BCUT2D eigenvalue weighted by molar-refractivity contribution is 5.23. The molecule has 0 aliphatic carbocycles. The van der Waals surface area contributed by atoms with E-state index in [-0.39, 0.29) is 6.23 Å². The highest BCUT2D eigenvalue weighted by Gasteiger charge is 2.29. The maximum atomic E-state index is 5.94. The molecule has 1 fully saturated rings. The Bertz CT molecular complexity index is 872. The van der Waals surface area contributed by atoms with Crippen LogP contribution in [0.4, 0.5) is 0 Å². The van der Waals surface area contributed by atoms with Gasteiger partial charge in [0.15, 0.2) is 6.23 Å². The lowest BCUT2D eigenvalue weighted by Gasteiger charge is -2.21. The number of aryl methyl sites for hydroxylation is 2. The number of rotatable bonds is 5. The lowest BCUT2D eigenvalue weighted by Crippen LogP contribution is -2.23. The molecule has 2 heterocycles. The van der Waals surface area contributed by atoms with Gasteiger partial charge in [0.1, 0.15) is 5.69 Å². The van der Waals surface area contributed by atoms with Crippen molar-refractivity contribution >= 4 is 0 Å². The Morgan fingerprint density at radius 2 is 1.85 bits per heavy atom. The maximum Gasteiger partial charge on any atom is 0.157 e. The number of hydrogen-bond acceptors (Lipinski definition) is 4. The number of ether oxygens (including phenoxy) is 1. The zero-order chi connectivity index (χ0) is 17.9. The summed E-state index contributed by atoms with van der Waals surface area (Å²) in [5.74, 6) is 0. The van der Waals surface area contributed by atoms with Crippen molar-refractivity contribution in [2.45, 2.75) is 33.2 Å². The molecule has 4 rings (SSSR count). The minimum Gasteiger partial charge on any atom is -0.356 e. The molecule has 0 radical (unpaired) electrons. The van der Waals surface area contributed by atoms with E-state index < -0.39 is 0 Å². The average Bonchev–Trinajstić information content (AvgIpc) is 3.26. The summed E-state index contributed by atoms with van der Waals surface area (Å²) in [4.78, 5) is 2.31. The van der Waals surface area contributed by atoms with Crippen molar-refractivity contribution in [3.63, 3.8) is 0 Å². The fourth-order valence-corrected chi connectivity index (χ4v) is 3.37. The normalized spacial score (nSPS) is 17.7. The van der Waals surface area contributed by atoms with Gasteiger partial charge in [-0.05, 0) is 25.0 Å². The van der Waals surface area contributed by atoms with Gasteiger partial charge in [0.2, 0.25) is 0 Å². The van der Waals surface area contributed by atoms with Gasteiger partial charge in [-0.3, -0.25) is 4.90 Å². The van der Waals surface area contributed by atoms with Gasteiger partial charge in [0, 0.05) is 13.1 Å². The van der Waals surface area contributed by atoms with E-state index in [1.54, 1.807) is 0 Å². The molecule has 0 spiro atoms. The van der Waals surface area contributed by atoms with Crippen molar-refractivity contribution in [1.82, 2.24) is 19.9 Å². The molecule has 0 N–H and O–H groups in total. The van der Waals surface area contributed by atoms with E-state index in [1.807, 2.05) is 10.9 Å². The van der Waals surface area contributed by atoms with Crippen LogP contribution in [0.15, 0.2) is 54.7 Å². The second-order valence-electron chi connectivity index (χ2n) is 7.01. The van der Waals surface area contributed by atoms with E-state index in [2.05, 4.69) is 77.6 Å². The Kier molecular flexibility index (Phi) is 4.82. The van der Waals surface area contributed by atoms with Crippen molar-refractivity contribution in [2.24, 2.45) is 0 Å². The van der Waals surface area contributed by atoms with Crippen LogP contribution in [-0.2, 0) is 17.8 Å². The van der Waals surface area contributed by atoms with Crippen LogP contribution >= 0.6 is 0 Å². The summed E-state index contributed by atoms with van der Waals surface area (Å²) in [5.41, 5.74) is 5.93. The molecule has 0 unspecified atom stereocenters. The molecule has 1 saturated heterocycles. The zero-order valence-corrected chi connectivity index (χ0v) is 15.3. The van der Waals surface area contributed by atoms with E-state index in [0.29, 0.717) is 0 Å². The highest BCUT2D eigenvalue weighted by Crippen LogP contribution is 2.27. The Balaban J connectivity index is 1.46. The van der Waals surface area contributed by atoms with Gasteiger partial charge in [-0.2, -0.15) is 0 Å². The summed E-state index contributed by atoms with van der Waals surface area (Å²) in [6.45, 7) is 7.42. The first kappa shape index (κ1) is 16.9. The minimum absolute atomic E-state index is 0.123. The summed E-state index contributed by atoms with van der Waals surface area (Å²) in [7, 11) is 0. The molecule has 3 aromatic rings. The molecule has 5 nitrogen and oxygen atoms in total. The SMILES string of the molecule is Cc1ccc(CN2CCO[C@@H]2c2cn(Cc3cccc(C)c3)nn2)cc1. The van der Waals surface area contributed by atoms with Gasteiger partial charge in [-0.1, -0.05) is 64.9 Å². The Morgan fingerprint density at radius 1 is 1.00 bits per heavy atom. The quantitative estimate of drug-likeness (QED) is 0.708. The van der Waals surface area contributed by atoms with E-state index >= 15 is 0 Å². The largest absolute Gasteiger partial charge is 0.356 e. The maximum absolute atomic E-state index is 5.94. The lowest BCUT2D eigenvalue weighted by molar-refractivity contribution is 0.0252. The second kappa shape index (κ2) is 7.40. The monoisotopic (exact) mass is 348 g/mol. The fourth-order valence-electron chi connectivity index (χ4n) is 3.37. The van der Waals surface area contributed by atoms with E-state index in [0.717, 1.165) is 31.9 Å². The van der Waals surface area contributed by atoms with Crippen LogP contribution in [-0.4, -0.2) is 33.0 Å². The van der Waals surface area contributed by atoms with Gasteiger partial charge in [-0.15, -0.1) is 5.10 Å². The van der Waals surface area contributed by atoms with Gasteiger partial charge >= 0.3 is 0 Å². The predicted octanol–water partition coefficient (Wildman–Crippen LogP) is 3.47. The molecular weight excluding hydrogens is 324 g/mol. The zero-order valence-electron chi connectivity index (χ0n) is 15.3. The third-order valence-electron chi connectivity index (χ3n) is 4.73. The lowest BCUT2D eigenvalue weighted by atomic mass is 10.1. The van der Waals surface area contributed by atoms with Gasteiger partial charge in [0.05, 0.1) is 19.3 Å². The second-order valence-corrected chi connectivity index (χ2v) is 7.01. The first-order valence-corrected chi connectivity index (χ1v) is 9.04. The Morgan fingerprint density at radius 3 is 2.65 bits per heavy atom. The third kappa shape index (κ3) is 3.84. The Labute approximate surface area is 154 Å². The molecule has 1 aliphatic heterocycles. The Hall–Kier alpha value is -2.50. The summed E-state index contributed by atoms with van der Waals surface area (Å²) in [6.07, 6.45) is 1.88. The van der Waals surface area contributed by atoms with Crippen molar-refractivity contribution in [3.8, 4) is 0 Å². The first-order chi connectivity index (χ1) is 12.7. The first-order valence-electron chi connectivity index (χ1n) is 9.04. The molecule has 1 atom stereocenters. The number of aromatic nitrogens is 3. The van der Waals surface area contributed by atoms with E-state index in [4.69, 9.17) is 4.74 Å². The van der Waals surface area contributed by atoms with Crippen molar-refractivity contribution in [2.75, 3.05) is 13.2 Å². The molecule has 2 aromatic carbocycles. The van der Waals surface area contributed by atoms with E-state index in [1.165, 1.54) is 22.3 Å². The van der Waals surface area contributed by atoms with Crippen LogP contribution in [0.1, 0.15) is 34.2 Å². The molecule has 134 valence electrons. The standard InChI is InChI=1S/C21H24N4O/c1-16-6-8-18(9-7-16)13-24-10-11-26-21(24)20-15-25(23-22-20)14-19-5-3-4-17(2)12-19/h3-9,12,15,21H,10-11,13-14H2,1-2H3/t21-/m1/s1. The number of benzene rings is 2. The molecule has 1 aliphatic rings. The topological polar surface area (TPSA) is 43.2 Å². The predicted molar refractivity (Wildman–Crippen MR) is 101 cm³/mol. The molecule has 26 heavy (non-hydrogen) atoms.